The lowest BCUT2D eigenvalue weighted by atomic mass is 10.1. The minimum atomic E-state index is -0.311. The fraction of sp³-hybridized carbons (Fsp3) is 0.538. The van der Waals surface area contributed by atoms with Gasteiger partial charge in [-0.15, -0.1) is 0 Å². The first kappa shape index (κ1) is 14.4. The molecule has 96 valence electrons. The second-order valence-corrected chi connectivity index (χ2v) is 4.53. The van der Waals surface area contributed by atoms with Crippen molar-refractivity contribution in [3.63, 3.8) is 0 Å². The van der Waals surface area contributed by atoms with Crippen molar-refractivity contribution in [3.05, 3.63) is 34.6 Å². The van der Waals surface area contributed by atoms with Gasteiger partial charge in [-0.3, -0.25) is 0 Å². The predicted octanol–water partition coefficient (Wildman–Crippen LogP) is 3.29. The normalized spacial score (nSPS) is 12.7. The van der Waals surface area contributed by atoms with E-state index in [2.05, 4.69) is 5.32 Å². The van der Waals surface area contributed by atoms with Crippen LogP contribution in [0, 0.1) is 5.82 Å². The summed E-state index contributed by atoms with van der Waals surface area (Å²) in [7, 11) is 0. The van der Waals surface area contributed by atoms with Gasteiger partial charge in [-0.2, -0.15) is 0 Å². The molecular formula is C13H19ClFNO. The summed E-state index contributed by atoms with van der Waals surface area (Å²) >= 11 is 5.97. The van der Waals surface area contributed by atoms with Gasteiger partial charge in [0, 0.05) is 17.7 Å². The quantitative estimate of drug-likeness (QED) is 0.737. The molecule has 0 spiro atoms. The third-order valence-electron chi connectivity index (χ3n) is 2.71. The maximum atomic E-state index is 12.9. The van der Waals surface area contributed by atoms with Gasteiger partial charge in [0.05, 0.1) is 0 Å². The number of unbranched alkanes of at least 4 members (excludes halogenated alkanes) is 2. The zero-order valence-corrected chi connectivity index (χ0v) is 10.8. The lowest BCUT2D eigenvalue weighted by Crippen LogP contribution is -2.20. The first-order valence-corrected chi connectivity index (χ1v) is 6.32. The van der Waals surface area contributed by atoms with Crippen LogP contribution in [0.3, 0.4) is 0 Å². The molecule has 1 unspecified atom stereocenters. The zero-order chi connectivity index (χ0) is 12.7. The molecule has 0 aliphatic rings. The van der Waals surface area contributed by atoms with Crippen molar-refractivity contribution in [3.8, 4) is 0 Å². The van der Waals surface area contributed by atoms with E-state index in [-0.39, 0.29) is 18.5 Å². The van der Waals surface area contributed by atoms with E-state index in [1.807, 2.05) is 6.92 Å². The third kappa shape index (κ3) is 5.02. The van der Waals surface area contributed by atoms with Crippen LogP contribution in [-0.2, 0) is 0 Å². The number of benzene rings is 1. The average Bonchev–Trinajstić information content (AvgIpc) is 2.28. The van der Waals surface area contributed by atoms with E-state index in [1.165, 1.54) is 12.1 Å². The van der Waals surface area contributed by atoms with E-state index in [1.54, 1.807) is 6.07 Å². The van der Waals surface area contributed by atoms with Crippen molar-refractivity contribution in [2.45, 2.75) is 32.2 Å². The molecule has 0 aromatic heterocycles. The molecule has 0 saturated heterocycles. The summed E-state index contributed by atoms with van der Waals surface area (Å²) in [4.78, 5) is 0. The molecule has 1 atom stereocenters. The number of rotatable bonds is 7. The Morgan fingerprint density at radius 1 is 1.35 bits per heavy atom. The van der Waals surface area contributed by atoms with Gasteiger partial charge in [-0.1, -0.05) is 17.7 Å². The second kappa shape index (κ2) is 7.64. The van der Waals surface area contributed by atoms with E-state index in [9.17, 15) is 4.39 Å². The molecule has 0 amide bonds. The highest BCUT2D eigenvalue weighted by molar-refractivity contribution is 6.31. The van der Waals surface area contributed by atoms with Crippen molar-refractivity contribution in [1.29, 1.82) is 0 Å². The van der Waals surface area contributed by atoms with Gasteiger partial charge < -0.3 is 10.4 Å². The van der Waals surface area contributed by atoms with Gasteiger partial charge in [0.2, 0.25) is 0 Å². The Morgan fingerprint density at radius 3 is 2.76 bits per heavy atom. The van der Waals surface area contributed by atoms with Crippen LogP contribution in [0.25, 0.3) is 0 Å². The molecule has 4 heteroatoms. The average molecular weight is 260 g/mol. The van der Waals surface area contributed by atoms with Gasteiger partial charge in [0.15, 0.2) is 0 Å². The van der Waals surface area contributed by atoms with Gasteiger partial charge in [0.25, 0.3) is 0 Å². The first-order valence-electron chi connectivity index (χ1n) is 5.94. The number of hydrogen-bond donors (Lipinski definition) is 2. The van der Waals surface area contributed by atoms with Gasteiger partial charge in [0.1, 0.15) is 5.82 Å². The number of aliphatic hydroxyl groups is 1. The molecule has 0 heterocycles. The van der Waals surface area contributed by atoms with Crippen LogP contribution >= 0.6 is 11.6 Å². The largest absolute Gasteiger partial charge is 0.396 e. The standard InChI is InChI=1S/C13H19ClFNO/c1-10(16-7-3-2-4-8-17)12-6-5-11(15)9-13(12)14/h5-6,9-10,16-17H,2-4,7-8H2,1H3. The molecule has 0 fully saturated rings. The summed E-state index contributed by atoms with van der Waals surface area (Å²) in [5, 5.41) is 12.4. The second-order valence-electron chi connectivity index (χ2n) is 4.13. The smallest absolute Gasteiger partial charge is 0.124 e. The highest BCUT2D eigenvalue weighted by Gasteiger charge is 2.09. The molecular weight excluding hydrogens is 241 g/mol. The maximum Gasteiger partial charge on any atom is 0.124 e. The highest BCUT2D eigenvalue weighted by Crippen LogP contribution is 2.23. The van der Waals surface area contributed by atoms with Crippen LogP contribution in [-0.4, -0.2) is 18.3 Å². The molecule has 1 aromatic carbocycles. The molecule has 0 aliphatic carbocycles. The number of hydrogen-bond acceptors (Lipinski definition) is 2. The third-order valence-corrected chi connectivity index (χ3v) is 3.04. The summed E-state index contributed by atoms with van der Waals surface area (Å²) < 4.78 is 12.9. The van der Waals surface area contributed by atoms with Crippen LogP contribution in [0.4, 0.5) is 4.39 Å². The van der Waals surface area contributed by atoms with Crippen LogP contribution in [0.15, 0.2) is 18.2 Å². The van der Waals surface area contributed by atoms with Crippen molar-refractivity contribution >= 4 is 11.6 Å². The van der Waals surface area contributed by atoms with Crippen molar-refractivity contribution in [1.82, 2.24) is 5.32 Å². The Labute approximate surface area is 107 Å². The fourth-order valence-corrected chi connectivity index (χ4v) is 2.03. The van der Waals surface area contributed by atoms with Gasteiger partial charge >= 0.3 is 0 Å². The van der Waals surface area contributed by atoms with Crippen molar-refractivity contribution < 1.29 is 9.50 Å². The van der Waals surface area contributed by atoms with E-state index in [4.69, 9.17) is 16.7 Å². The molecule has 1 rings (SSSR count). The first-order chi connectivity index (χ1) is 8.15. The summed E-state index contributed by atoms with van der Waals surface area (Å²) in [5.74, 6) is -0.311. The monoisotopic (exact) mass is 259 g/mol. The molecule has 1 aromatic rings. The Hall–Kier alpha value is -0.640. The predicted molar refractivity (Wildman–Crippen MR) is 68.8 cm³/mol. The topological polar surface area (TPSA) is 32.3 Å². The molecule has 0 aliphatic heterocycles. The van der Waals surface area contributed by atoms with Crippen LogP contribution in [0.1, 0.15) is 37.8 Å². The molecule has 0 radical (unpaired) electrons. The Morgan fingerprint density at radius 2 is 2.12 bits per heavy atom. The van der Waals surface area contributed by atoms with Crippen molar-refractivity contribution in [2.75, 3.05) is 13.2 Å². The Kier molecular flexibility index (Phi) is 6.48. The zero-order valence-electron chi connectivity index (χ0n) is 10.0. The SMILES string of the molecule is CC(NCCCCCO)c1ccc(F)cc1Cl. The van der Waals surface area contributed by atoms with Crippen molar-refractivity contribution in [2.24, 2.45) is 0 Å². The molecule has 2 nitrogen and oxygen atoms in total. The molecule has 0 bridgehead atoms. The minimum Gasteiger partial charge on any atom is -0.396 e. The van der Waals surface area contributed by atoms with Crippen LogP contribution in [0.2, 0.25) is 5.02 Å². The fourth-order valence-electron chi connectivity index (χ4n) is 1.69. The summed E-state index contributed by atoms with van der Waals surface area (Å²) in [6, 6.07) is 4.58. The van der Waals surface area contributed by atoms with E-state index in [0.717, 1.165) is 31.4 Å². The van der Waals surface area contributed by atoms with Crippen LogP contribution in [0.5, 0.6) is 0 Å². The van der Waals surface area contributed by atoms with E-state index in [0.29, 0.717) is 5.02 Å². The Bertz CT molecular complexity index is 346. The molecule has 2 N–H and O–H groups in total. The maximum absolute atomic E-state index is 12.9. The van der Waals surface area contributed by atoms with Gasteiger partial charge in [-0.05, 0) is 50.4 Å². The molecule has 0 saturated carbocycles. The molecule has 17 heavy (non-hydrogen) atoms. The summed E-state index contributed by atoms with van der Waals surface area (Å²) in [5.41, 5.74) is 0.912. The van der Waals surface area contributed by atoms with E-state index < -0.39 is 0 Å². The summed E-state index contributed by atoms with van der Waals surface area (Å²) in [6.07, 6.45) is 2.87. The summed E-state index contributed by atoms with van der Waals surface area (Å²) in [6.45, 7) is 3.12. The lowest BCUT2D eigenvalue weighted by molar-refractivity contribution is 0.282. The number of nitrogens with one attached hydrogen (secondary N) is 1. The minimum absolute atomic E-state index is 0.109. The number of halogens is 2. The lowest BCUT2D eigenvalue weighted by Gasteiger charge is -2.15. The number of aliphatic hydroxyl groups excluding tert-OH is 1. The highest BCUT2D eigenvalue weighted by atomic mass is 35.5. The van der Waals surface area contributed by atoms with Crippen LogP contribution < -0.4 is 5.32 Å². The Balaban J connectivity index is 2.38. The van der Waals surface area contributed by atoms with Gasteiger partial charge in [-0.25, -0.2) is 4.39 Å². The van der Waals surface area contributed by atoms with E-state index >= 15 is 0 Å².